The summed E-state index contributed by atoms with van der Waals surface area (Å²) < 4.78 is 0. The Balaban J connectivity index is 0.000000334. The molecule has 0 bridgehead atoms. The largest absolute Gasteiger partial charge is 0.390 e. The van der Waals surface area contributed by atoms with E-state index in [1.807, 2.05) is 0 Å². The molecule has 9 atom stereocenters. The van der Waals surface area contributed by atoms with E-state index < -0.39 is 0 Å². The van der Waals surface area contributed by atoms with Crippen LogP contribution in [0.2, 0.25) is 0 Å². The minimum atomic E-state index is -0.266. The summed E-state index contributed by atoms with van der Waals surface area (Å²) in [7, 11) is 0. The second-order valence-corrected chi connectivity index (χ2v) is 18.4. The number of allylic oxidation sites excluding steroid dienone is 1. The van der Waals surface area contributed by atoms with Crippen LogP contribution in [0.4, 0.5) is 0 Å². The maximum absolute atomic E-state index is 9.93. The zero-order valence-electron chi connectivity index (χ0n) is 36.3. The van der Waals surface area contributed by atoms with E-state index in [2.05, 4.69) is 155 Å². The van der Waals surface area contributed by atoms with Crippen LogP contribution in [0.1, 0.15) is 145 Å². The lowest BCUT2D eigenvalue weighted by molar-refractivity contribution is 0.112. The average molecular weight is 699 g/mol. The fourth-order valence-corrected chi connectivity index (χ4v) is 7.69. The van der Waals surface area contributed by atoms with Crippen molar-refractivity contribution in [1.82, 2.24) is 0 Å². The van der Waals surface area contributed by atoms with Gasteiger partial charge in [0.15, 0.2) is 0 Å². The van der Waals surface area contributed by atoms with E-state index in [9.17, 15) is 10.2 Å². The number of rotatable bonds is 8. The molecule has 0 aromatic heterocycles. The summed E-state index contributed by atoms with van der Waals surface area (Å²) in [6.45, 7) is 43.6. The minimum Gasteiger partial charge on any atom is -0.390 e. The molecule has 4 heterocycles. The Bertz CT molecular complexity index is 1140. The molecular weight excluding hydrogens is 617 g/mol. The fourth-order valence-electron chi connectivity index (χ4n) is 7.69. The molecule has 0 saturated carbocycles. The summed E-state index contributed by atoms with van der Waals surface area (Å²) in [5.74, 6) is 5.58. The van der Waals surface area contributed by atoms with E-state index in [0.717, 1.165) is 5.92 Å². The van der Waals surface area contributed by atoms with Gasteiger partial charge in [0.25, 0.3) is 0 Å². The quantitative estimate of drug-likeness (QED) is 0.264. The Labute approximate surface area is 310 Å². The van der Waals surface area contributed by atoms with Crippen LogP contribution in [0.15, 0.2) is 31.6 Å². The number of hydrogen-bond acceptors (Lipinski definition) is 6. The first-order valence-corrected chi connectivity index (χ1v) is 20.3. The second-order valence-electron chi connectivity index (χ2n) is 18.4. The van der Waals surface area contributed by atoms with Gasteiger partial charge < -0.3 is 10.2 Å². The Hall–Kier alpha value is -1.66. The van der Waals surface area contributed by atoms with Crippen molar-refractivity contribution >= 4 is 22.8 Å². The molecule has 50 heavy (non-hydrogen) atoms. The van der Waals surface area contributed by atoms with E-state index in [0.29, 0.717) is 59.4 Å². The molecule has 0 aromatic carbocycles. The summed E-state index contributed by atoms with van der Waals surface area (Å²) >= 11 is 0. The standard InChI is InChI=1S/2C11H21NO.C11H21N.C11H19N/c2*1-6(2)9-8(5)11(13)10(12-9)7(3)4;2*1-7(2)10-6-9(5)11(12-10)8(3)4/h2*6-8,10-11,13H,1-5H3;7-10H,6H2,1-5H3;6-8,10H,1-5H3/t8-,10?,11+;8-,10?,11-;;/m00../s1. The molecule has 6 heteroatoms. The van der Waals surface area contributed by atoms with Crippen molar-refractivity contribution in [3.63, 3.8) is 0 Å². The zero-order chi connectivity index (χ0) is 38.9. The lowest BCUT2D eigenvalue weighted by atomic mass is 9.89. The third kappa shape index (κ3) is 12.8. The van der Waals surface area contributed by atoms with Crippen LogP contribution in [0.5, 0.6) is 0 Å². The summed E-state index contributed by atoms with van der Waals surface area (Å²) in [4.78, 5) is 18.7. The van der Waals surface area contributed by atoms with Gasteiger partial charge in [-0.2, -0.15) is 0 Å². The van der Waals surface area contributed by atoms with Gasteiger partial charge in [0.1, 0.15) is 0 Å². The van der Waals surface area contributed by atoms with Crippen molar-refractivity contribution in [2.75, 3.05) is 0 Å². The van der Waals surface area contributed by atoms with Crippen molar-refractivity contribution in [1.29, 1.82) is 0 Å². The molecule has 0 aliphatic carbocycles. The lowest BCUT2D eigenvalue weighted by Crippen LogP contribution is -2.31. The molecule has 0 fully saturated rings. The maximum atomic E-state index is 9.93. The molecule has 0 amide bonds. The average Bonchev–Trinajstić information content (AvgIpc) is 3.74. The van der Waals surface area contributed by atoms with Crippen LogP contribution in [-0.4, -0.2) is 69.4 Å². The molecule has 0 saturated heterocycles. The summed E-state index contributed by atoms with van der Waals surface area (Å²) in [6, 6.07) is 1.26. The van der Waals surface area contributed by atoms with E-state index in [4.69, 9.17) is 9.98 Å². The predicted octanol–water partition coefficient (Wildman–Crippen LogP) is 10.5. The number of nitrogens with zero attached hydrogens (tertiary/aromatic N) is 4. The molecule has 0 aromatic rings. The highest BCUT2D eigenvalue weighted by Crippen LogP contribution is 2.31. The molecule has 4 aliphatic heterocycles. The SMILES string of the molecule is CC(C)C1=NC(C(C)C)CC1C.CC(C)C1=NC(C(C)C)[C@@H](O)[C@H]1C.CC(C)C1=NC(C(C)C)[C@H](O)[C@H]1C.CC1=CC(C(C)C)N=C1C(C)C. The number of aliphatic hydroxyl groups excluding tert-OH is 2. The Morgan fingerprint density at radius 2 is 0.920 bits per heavy atom. The van der Waals surface area contributed by atoms with Gasteiger partial charge in [-0.15, -0.1) is 0 Å². The highest BCUT2D eigenvalue weighted by atomic mass is 16.3. The Kier molecular flexibility index (Phi) is 19.1. The molecule has 6 nitrogen and oxygen atoms in total. The predicted molar refractivity (Wildman–Crippen MR) is 221 cm³/mol. The van der Waals surface area contributed by atoms with Gasteiger partial charge >= 0.3 is 0 Å². The second kappa shape index (κ2) is 20.5. The Morgan fingerprint density at radius 3 is 1.10 bits per heavy atom. The molecule has 290 valence electrons. The minimum absolute atomic E-state index is 0.118. The third-order valence-corrected chi connectivity index (χ3v) is 10.9. The third-order valence-electron chi connectivity index (χ3n) is 10.9. The van der Waals surface area contributed by atoms with Gasteiger partial charge in [-0.1, -0.05) is 138 Å². The van der Waals surface area contributed by atoms with Crippen LogP contribution < -0.4 is 0 Å². The number of hydrogen-bond donors (Lipinski definition) is 2. The summed E-state index contributed by atoms with van der Waals surface area (Å²) in [5, 5.41) is 19.9. The molecule has 4 rings (SSSR count). The van der Waals surface area contributed by atoms with Gasteiger partial charge in [-0.05, 0) is 72.2 Å². The molecule has 4 aliphatic rings. The van der Waals surface area contributed by atoms with Gasteiger partial charge in [0.05, 0.1) is 36.4 Å². The fraction of sp³-hybridized carbons (Fsp3) is 0.864. The van der Waals surface area contributed by atoms with Crippen molar-refractivity contribution < 1.29 is 10.2 Å². The lowest BCUT2D eigenvalue weighted by Gasteiger charge is -2.19. The number of aliphatic imine (C=N–C) groups is 4. The van der Waals surface area contributed by atoms with Crippen LogP contribution in [0, 0.1) is 65.1 Å². The van der Waals surface area contributed by atoms with E-state index in [-0.39, 0.29) is 36.1 Å². The first-order chi connectivity index (χ1) is 22.9. The number of aliphatic hydroxyl groups is 2. The highest BCUT2D eigenvalue weighted by molar-refractivity contribution is 6.02. The normalized spacial score (nSPS) is 30.8. The summed E-state index contributed by atoms with van der Waals surface area (Å²) in [6.07, 6.45) is 3.03. The molecule has 0 radical (unpaired) electrons. The van der Waals surface area contributed by atoms with Gasteiger partial charge in [-0.25, -0.2) is 0 Å². The topological polar surface area (TPSA) is 89.9 Å². The van der Waals surface area contributed by atoms with Crippen molar-refractivity contribution in [2.45, 2.75) is 181 Å². The smallest absolute Gasteiger partial charge is 0.0843 e. The van der Waals surface area contributed by atoms with E-state index in [1.165, 1.54) is 34.8 Å². The first kappa shape index (κ1) is 46.4. The van der Waals surface area contributed by atoms with Crippen molar-refractivity contribution in [3.8, 4) is 0 Å². The van der Waals surface area contributed by atoms with Crippen LogP contribution in [-0.2, 0) is 0 Å². The van der Waals surface area contributed by atoms with E-state index >= 15 is 0 Å². The van der Waals surface area contributed by atoms with Crippen LogP contribution in [0.25, 0.3) is 0 Å². The van der Waals surface area contributed by atoms with Gasteiger partial charge in [0, 0.05) is 34.7 Å². The molecule has 2 N–H and O–H groups in total. The molecule has 5 unspecified atom stereocenters. The Morgan fingerprint density at radius 1 is 0.520 bits per heavy atom. The van der Waals surface area contributed by atoms with Gasteiger partial charge in [-0.3, -0.25) is 20.0 Å². The van der Waals surface area contributed by atoms with Crippen molar-refractivity contribution in [2.24, 2.45) is 85.1 Å². The molecular formula is C44H82N4O2. The monoisotopic (exact) mass is 699 g/mol. The van der Waals surface area contributed by atoms with Crippen LogP contribution >= 0.6 is 0 Å². The highest BCUT2D eigenvalue weighted by Gasteiger charge is 2.38. The van der Waals surface area contributed by atoms with Crippen LogP contribution in [0.3, 0.4) is 0 Å². The maximum Gasteiger partial charge on any atom is 0.0843 e. The summed E-state index contributed by atoms with van der Waals surface area (Å²) in [5.41, 5.74) is 6.49. The zero-order valence-corrected chi connectivity index (χ0v) is 36.3. The van der Waals surface area contributed by atoms with Crippen molar-refractivity contribution in [3.05, 3.63) is 11.6 Å². The molecule has 0 spiro atoms. The first-order valence-electron chi connectivity index (χ1n) is 20.3. The van der Waals surface area contributed by atoms with E-state index in [1.54, 1.807) is 0 Å². The van der Waals surface area contributed by atoms with Gasteiger partial charge in [0.2, 0.25) is 0 Å².